The zero-order valence-electron chi connectivity index (χ0n) is 54.2. The minimum atomic E-state index is -1.49. The normalized spacial score (nSPS) is 27.8. The van der Waals surface area contributed by atoms with Crippen LogP contribution in [-0.2, 0) is 95.1 Å². The summed E-state index contributed by atoms with van der Waals surface area (Å²) in [6.07, 6.45) is -16.0. The highest BCUT2D eigenvalue weighted by Crippen LogP contribution is 2.26. The van der Waals surface area contributed by atoms with Crippen molar-refractivity contribution in [2.45, 2.75) is 157 Å². The number of hydrogen-bond acceptors (Lipinski definition) is 30. The average molecular weight is 1380 g/mol. The van der Waals surface area contributed by atoms with Crippen LogP contribution in [0.1, 0.15) is 59.3 Å². The number of carbonyl (C=O) groups is 7. The largest absolute Gasteiger partial charge is 0.394 e. The fraction of sp³-hybridized carbons (Fsp3) is 0.879. The molecule has 4 aliphatic heterocycles. The molecule has 0 aromatic carbocycles. The fourth-order valence-corrected chi connectivity index (χ4v) is 10.2. The van der Waals surface area contributed by atoms with Gasteiger partial charge in [0.15, 0.2) is 18.9 Å². The first-order valence-corrected chi connectivity index (χ1v) is 31.9. The molecule has 0 aromatic heterocycles. The Morgan fingerprint density at radius 2 is 0.695 bits per heavy atom. The Balaban J connectivity index is 1.29. The Morgan fingerprint density at radius 3 is 0.979 bits per heavy atom. The first kappa shape index (κ1) is 82.8. The third-order valence-electron chi connectivity index (χ3n) is 15.3. The molecule has 16 N–H and O–H groups in total. The molecule has 550 valence electrons. The smallest absolute Gasteiger partial charge is 0.224 e. The molecular weight excluding hydrogens is 1270 g/mol. The van der Waals surface area contributed by atoms with E-state index in [4.69, 9.17) is 61.6 Å². The second-order valence-electron chi connectivity index (χ2n) is 23.1. The van der Waals surface area contributed by atoms with Crippen LogP contribution < -0.4 is 31.9 Å². The lowest BCUT2D eigenvalue weighted by atomic mass is 9.92. The monoisotopic (exact) mass is 1380 g/mol. The molecule has 4 heterocycles. The summed E-state index contributed by atoms with van der Waals surface area (Å²) in [6, 6.07) is -3.40. The van der Waals surface area contributed by atoms with E-state index in [2.05, 4.69) is 31.9 Å². The van der Waals surface area contributed by atoms with Crippen molar-refractivity contribution < 1.29 is 146 Å². The highest BCUT2D eigenvalue weighted by molar-refractivity contribution is 5.77. The summed E-state index contributed by atoms with van der Waals surface area (Å²) in [5, 5.41) is 116. The van der Waals surface area contributed by atoms with Gasteiger partial charge in [-0.25, -0.2) is 0 Å². The van der Waals surface area contributed by atoms with Crippen LogP contribution in [0.2, 0.25) is 0 Å². The molecule has 15 unspecified atom stereocenters. The predicted octanol–water partition coefficient (Wildman–Crippen LogP) is -9.14. The van der Waals surface area contributed by atoms with Gasteiger partial charge in [-0.2, -0.15) is 0 Å². The molecular formula is C58H103N7O30. The van der Waals surface area contributed by atoms with E-state index in [-0.39, 0.29) is 164 Å². The van der Waals surface area contributed by atoms with Crippen molar-refractivity contribution in [2.24, 2.45) is 5.41 Å². The quantitative estimate of drug-likeness (QED) is 0.0252. The standard InChI is InChI=1S/C58H103N7O30/c1-35(69)62-46-52(80)49(77)39(28-66)93-55(46)90-25-22-83-19-10-59-42(73)6-15-86-31-58(34-89-18-9-45(76)65-13-4-38(72)5-14-65,32-87-16-7-43(74)60-11-20-84-23-26-91-56-47(63-36(2)70)53(81)50(78)40(29-67)94-56)33-88-17-8-44(75)61-12-21-85-24-27-92-57-48(64-37(3)71)54(82)51(79)41(30-68)95-57/h38-41,46-57,66-68,72,77-82H,4-34H2,1-3H3,(H,59,73)(H,60,74)(H,61,75)(H,62,69)(H,63,70)(H,64,71). The lowest BCUT2D eigenvalue weighted by molar-refractivity contribution is -0.272. The Hall–Kier alpha value is -4.63. The summed E-state index contributed by atoms with van der Waals surface area (Å²) in [6.45, 7) is 1.89. The molecule has 15 atom stereocenters. The van der Waals surface area contributed by atoms with E-state index in [0.29, 0.717) is 25.9 Å². The van der Waals surface area contributed by atoms with E-state index in [1.54, 1.807) is 4.90 Å². The zero-order valence-corrected chi connectivity index (χ0v) is 54.2. The Morgan fingerprint density at radius 1 is 0.400 bits per heavy atom. The summed E-state index contributed by atoms with van der Waals surface area (Å²) >= 11 is 0. The Bertz CT molecular complexity index is 2030. The Kier molecular flexibility index (Phi) is 40.0. The lowest BCUT2D eigenvalue weighted by Crippen LogP contribution is -2.64. The van der Waals surface area contributed by atoms with Gasteiger partial charge in [0.05, 0.1) is 150 Å². The van der Waals surface area contributed by atoms with Crippen molar-refractivity contribution in [3.8, 4) is 0 Å². The fourth-order valence-electron chi connectivity index (χ4n) is 10.2. The van der Waals surface area contributed by atoms with Crippen molar-refractivity contribution in [1.29, 1.82) is 0 Å². The van der Waals surface area contributed by atoms with E-state index in [1.807, 2.05) is 0 Å². The number of ether oxygens (including phenoxy) is 13. The van der Waals surface area contributed by atoms with Crippen LogP contribution in [0, 0.1) is 5.41 Å². The van der Waals surface area contributed by atoms with E-state index < -0.39 is 159 Å². The maximum Gasteiger partial charge on any atom is 0.224 e. The molecule has 37 nitrogen and oxygen atoms in total. The average Bonchev–Trinajstić information content (AvgIpc) is 0.863. The second kappa shape index (κ2) is 45.9. The highest BCUT2D eigenvalue weighted by atomic mass is 16.7. The van der Waals surface area contributed by atoms with Crippen LogP contribution in [0.3, 0.4) is 0 Å². The second-order valence-corrected chi connectivity index (χ2v) is 23.1. The van der Waals surface area contributed by atoms with Crippen LogP contribution >= 0.6 is 0 Å². The molecule has 4 aliphatic rings. The van der Waals surface area contributed by atoms with Crippen LogP contribution in [0.4, 0.5) is 0 Å². The first-order chi connectivity index (χ1) is 45.5. The lowest BCUT2D eigenvalue weighted by Gasteiger charge is -2.42. The maximum atomic E-state index is 13.1. The number of carbonyl (C=O) groups excluding carboxylic acids is 7. The molecule has 7 amide bonds. The zero-order chi connectivity index (χ0) is 69.7. The van der Waals surface area contributed by atoms with Gasteiger partial charge in [0.2, 0.25) is 41.4 Å². The van der Waals surface area contributed by atoms with Crippen LogP contribution in [0.15, 0.2) is 0 Å². The van der Waals surface area contributed by atoms with E-state index in [0.717, 1.165) is 0 Å². The van der Waals surface area contributed by atoms with Gasteiger partial charge in [-0.3, -0.25) is 33.6 Å². The molecule has 0 aliphatic carbocycles. The van der Waals surface area contributed by atoms with Gasteiger partial charge >= 0.3 is 0 Å². The summed E-state index contributed by atoms with van der Waals surface area (Å²) < 4.78 is 74.5. The molecule has 0 radical (unpaired) electrons. The minimum absolute atomic E-state index is 0.00221. The third kappa shape index (κ3) is 30.6. The number of piperidine rings is 1. The van der Waals surface area contributed by atoms with Gasteiger partial charge < -0.3 is 149 Å². The van der Waals surface area contributed by atoms with Gasteiger partial charge in [0.25, 0.3) is 0 Å². The molecule has 0 bridgehead atoms. The maximum absolute atomic E-state index is 13.1. The van der Waals surface area contributed by atoms with Crippen LogP contribution in [0.25, 0.3) is 0 Å². The van der Waals surface area contributed by atoms with Crippen LogP contribution in [0.5, 0.6) is 0 Å². The molecule has 4 fully saturated rings. The van der Waals surface area contributed by atoms with Crippen molar-refractivity contribution in [2.75, 3.05) is 165 Å². The number of rotatable bonds is 47. The number of aliphatic hydroxyl groups excluding tert-OH is 10. The predicted molar refractivity (Wildman–Crippen MR) is 321 cm³/mol. The van der Waals surface area contributed by atoms with Crippen molar-refractivity contribution in [3.05, 3.63) is 0 Å². The molecule has 95 heavy (non-hydrogen) atoms. The highest BCUT2D eigenvalue weighted by Gasteiger charge is 2.48. The van der Waals surface area contributed by atoms with E-state index in [1.165, 1.54) is 20.8 Å². The van der Waals surface area contributed by atoms with Crippen molar-refractivity contribution in [1.82, 2.24) is 36.8 Å². The third-order valence-corrected chi connectivity index (χ3v) is 15.3. The number of hydrogen-bond donors (Lipinski definition) is 16. The van der Waals surface area contributed by atoms with Gasteiger partial charge in [-0.1, -0.05) is 0 Å². The van der Waals surface area contributed by atoms with Crippen molar-refractivity contribution >= 4 is 41.4 Å². The summed E-state index contributed by atoms with van der Waals surface area (Å²) in [4.78, 5) is 88.8. The summed E-state index contributed by atoms with van der Waals surface area (Å²) in [5.74, 6) is -2.91. The number of nitrogens with zero attached hydrogens (tertiary/aromatic N) is 1. The number of nitrogens with one attached hydrogen (secondary N) is 6. The Labute approximate surface area is 550 Å². The minimum Gasteiger partial charge on any atom is -0.394 e. The number of amides is 7. The van der Waals surface area contributed by atoms with Gasteiger partial charge in [0, 0.05) is 72.8 Å². The SMILES string of the molecule is CC(=O)NC1C(OCCOCCNC(=O)CCOCC(COCCC(=O)NCCOCCOC2OC(CO)C(O)C(O)C2NC(C)=O)(COCCC(=O)NCCOCCOC2OC(CO)C(O)C(O)C2NC(C)=O)COCCC(=O)N2CCC(O)CC2)OC(CO)C(O)C1O. The molecule has 0 spiro atoms. The van der Waals surface area contributed by atoms with Gasteiger partial charge in [-0.15, -0.1) is 0 Å². The number of likely N-dealkylation sites (tertiary alicyclic amines) is 1. The van der Waals surface area contributed by atoms with E-state index in [9.17, 15) is 84.6 Å². The first-order valence-electron chi connectivity index (χ1n) is 31.9. The molecule has 4 saturated heterocycles. The summed E-state index contributed by atoms with van der Waals surface area (Å²) in [7, 11) is 0. The summed E-state index contributed by atoms with van der Waals surface area (Å²) in [5.41, 5.74) is -1.16. The molecule has 37 heteroatoms. The molecule has 0 saturated carbocycles. The van der Waals surface area contributed by atoms with Gasteiger partial charge in [0.1, 0.15) is 73.1 Å². The molecule has 0 aromatic rings. The van der Waals surface area contributed by atoms with Crippen molar-refractivity contribution in [3.63, 3.8) is 0 Å². The van der Waals surface area contributed by atoms with Gasteiger partial charge in [-0.05, 0) is 12.8 Å². The van der Waals surface area contributed by atoms with E-state index >= 15 is 0 Å². The molecule has 4 rings (SSSR count). The topological polar surface area (TPSA) is 517 Å². The van der Waals surface area contributed by atoms with Crippen LogP contribution in [-0.4, -0.2) is 360 Å². The number of aliphatic hydroxyl groups is 10.